The van der Waals surface area contributed by atoms with E-state index in [1.165, 1.54) is 4.88 Å². The van der Waals surface area contributed by atoms with E-state index in [9.17, 15) is 9.59 Å². The third-order valence-corrected chi connectivity index (χ3v) is 6.88. The summed E-state index contributed by atoms with van der Waals surface area (Å²) in [7, 11) is 0. The molecule has 2 N–H and O–H groups in total. The van der Waals surface area contributed by atoms with Crippen LogP contribution in [0.5, 0.6) is 5.75 Å². The first-order valence-corrected chi connectivity index (χ1v) is 11.5. The molecule has 0 spiro atoms. The molecule has 5 nitrogen and oxygen atoms in total. The van der Waals surface area contributed by atoms with Crippen LogP contribution in [-0.4, -0.2) is 18.4 Å². The van der Waals surface area contributed by atoms with Crippen molar-refractivity contribution in [2.24, 2.45) is 11.3 Å². The molecule has 1 atom stereocenters. The monoisotopic (exact) mass is 428 g/mol. The molecule has 0 radical (unpaired) electrons. The molecular weight excluding hydrogens is 396 g/mol. The summed E-state index contributed by atoms with van der Waals surface area (Å²) in [5.41, 5.74) is 2.65. The van der Waals surface area contributed by atoms with Crippen LogP contribution in [-0.2, 0) is 17.6 Å². The van der Waals surface area contributed by atoms with Crippen LogP contribution in [0.15, 0.2) is 24.3 Å². The SMILES string of the molecule is CCOc1ccc(NC(=O)c2c(NC(=O)CC)sc3c2CCC(C(C)(C)C)C3)cc1. The molecule has 6 heteroatoms. The number of rotatable bonds is 6. The molecule has 0 aliphatic heterocycles. The van der Waals surface area contributed by atoms with E-state index in [0.717, 1.165) is 30.6 Å². The van der Waals surface area contributed by atoms with Gasteiger partial charge in [-0.25, -0.2) is 0 Å². The van der Waals surface area contributed by atoms with Crippen LogP contribution in [0.2, 0.25) is 0 Å². The Labute approximate surface area is 183 Å². The number of amides is 2. The average molecular weight is 429 g/mol. The van der Waals surface area contributed by atoms with E-state index in [0.29, 0.717) is 35.2 Å². The van der Waals surface area contributed by atoms with Crippen molar-refractivity contribution >= 4 is 33.8 Å². The quantitative estimate of drug-likeness (QED) is 0.602. The Morgan fingerprint density at radius 1 is 1.13 bits per heavy atom. The van der Waals surface area contributed by atoms with Gasteiger partial charge in [-0.05, 0) is 67.3 Å². The third kappa shape index (κ3) is 5.04. The molecule has 30 heavy (non-hydrogen) atoms. The van der Waals surface area contributed by atoms with Gasteiger partial charge in [0.2, 0.25) is 5.91 Å². The summed E-state index contributed by atoms with van der Waals surface area (Å²) in [5.74, 6) is 1.10. The molecule has 2 amide bonds. The number of ether oxygens (including phenoxy) is 1. The van der Waals surface area contributed by atoms with Crippen LogP contribution in [0.4, 0.5) is 10.7 Å². The van der Waals surface area contributed by atoms with Gasteiger partial charge in [0.1, 0.15) is 10.8 Å². The van der Waals surface area contributed by atoms with Crippen molar-refractivity contribution in [2.45, 2.75) is 60.3 Å². The minimum absolute atomic E-state index is 0.0731. The number of benzene rings is 1. The van der Waals surface area contributed by atoms with Crippen molar-refractivity contribution in [1.82, 2.24) is 0 Å². The molecule has 162 valence electrons. The fourth-order valence-electron chi connectivity index (χ4n) is 3.86. The van der Waals surface area contributed by atoms with Gasteiger partial charge in [-0.3, -0.25) is 9.59 Å². The molecule has 0 bridgehead atoms. The molecule has 0 saturated carbocycles. The van der Waals surface area contributed by atoms with Crippen LogP contribution < -0.4 is 15.4 Å². The highest BCUT2D eigenvalue weighted by Crippen LogP contribution is 2.44. The van der Waals surface area contributed by atoms with Gasteiger partial charge in [0, 0.05) is 17.0 Å². The summed E-state index contributed by atoms with van der Waals surface area (Å²) in [4.78, 5) is 26.6. The van der Waals surface area contributed by atoms with E-state index in [-0.39, 0.29) is 17.2 Å². The van der Waals surface area contributed by atoms with Gasteiger partial charge in [-0.1, -0.05) is 27.7 Å². The van der Waals surface area contributed by atoms with Crippen molar-refractivity contribution in [3.63, 3.8) is 0 Å². The van der Waals surface area contributed by atoms with E-state index in [2.05, 4.69) is 31.4 Å². The fraction of sp³-hybridized carbons (Fsp3) is 0.500. The number of hydrogen-bond acceptors (Lipinski definition) is 4. The average Bonchev–Trinajstić information content (AvgIpc) is 3.05. The number of nitrogens with one attached hydrogen (secondary N) is 2. The first kappa shape index (κ1) is 22.3. The predicted molar refractivity (Wildman–Crippen MR) is 124 cm³/mol. The first-order valence-electron chi connectivity index (χ1n) is 10.7. The lowest BCUT2D eigenvalue weighted by Crippen LogP contribution is -2.27. The zero-order valence-electron chi connectivity index (χ0n) is 18.6. The number of hydrogen-bond donors (Lipinski definition) is 2. The minimum Gasteiger partial charge on any atom is -0.494 e. The number of carbonyl (C=O) groups excluding carboxylic acids is 2. The van der Waals surface area contributed by atoms with E-state index in [4.69, 9.17) is 4.74 Å². The van der Waals surface area contributed by atoms with E-state index in [1.807, 2.05) is 38.1 Å². The van der Waals surface area contributed by atoms with Crippen molar-refractivity contribution < 1.29 is 14.3 Å². The Morgan fingerprint density at radius 2 is 1.83 bits per heavy atom. The largest absolute Gasteiger partial charge is 0.494 e. The second-order valence-electron chi connectivity index (χ2n) is 8.83. The second kappa shape index (κ2) is 9.21. The highest BCUT2D eigenvalue weighted by Gasteiger charge is 2.34. The minimum atomic E-state index is -0.169. The van der Waals surface area contributed by atoms with Crippen LogP contribution in [0, 0.1) is 11.3 Å². The highest BCUT2D eigenvalue weighted by atomic mass is 32.1. The van der Waals surface area contributed by atoms with Gasteiger partial charge in [-0.15, -0.1) is 11.3 Å². The number of anilines is 2. The van der Waals surface area contributed by atoms with Crippen LogP contribution in [0.1, 0.15) is 68.3 Å². The number of carbonyl (C=O) groups is 2. The van der Waals surface area contributed by atoms with Crippen molar-refractivity contribution in [3.8, 4) is 5.75 Å². The zero-order valence-corrected chi connectivity index (χ0v) is 19.4. The molecule has 1 unspecified atom stereocenters. The molecule has 1 aromatic carbocycles. The van der Waals surface area contributed by atoms with Gasteiger partial charge in [0.25, 0.3) is 5.91 Å². The summed E-state index contributed by atoms with van der Waals surface area (Å²) < 4.78 is 5.47. The Bertz CT molecular complexity index is 910. The van der Waals surface area contributed by atoms with Crippen molar-refractivity contribution in [3.05, 3.63) is 40.3 Å². The lowest BCUT2D eigenvalue weighted by molar-refractivity contribution is -0.115. The topological polar surface area (TPSA) is 67.4 Å². The van der Waals surface area contributed by atoms with Crippen LogP contribution in [0.3, 0.4) is 0 Å². The maximum atomic E-state index is 13.2. The molecule has 1 aliphatic carbocycles. The highest BCUT2D eigenvalue weighted by molar-refractivity contribution is 7.17. The molecule has 3 rings (SSSR count). The summed E-state index contributed by atoms with van der Waals surface area (Å²) in [6.45, 7) is 11.2. The van der Waals surface area contributed by atoms with Crippen molar-refractivity contribution in [1.29, 1.82) is 0 Å². The summed E-state index contributed by atoms with van der Waals surface area (Å²) in [6.07, 6.45) is 3.25. The first-order chi connectivity index (χ1) is 14.2. The summed E-state index contributed by atoms with van der Waals surface area (Å²) in [6, 6.07) is 7.36. The molecule has 0 fully saturated rings. The standard InChI is InChI=1S/C24H32N2O3S/c1-6-20(27)26-23-21(18-13-8-15(24(3,4)5)14-19(18)30-23)22(28)25-16-9-11-17(12-10-16)29-7-2/h9-12,15H,6-8,13-14H2,1-5H3,(H,25,28)(H,26,27). The Morgan fingerprint density at radius 3 is 2.43 bits per heavy atom. The van der Waals surface area contributed by atoms with Crippen LogP contribution in [0.25, 0.3) is 0 Å². The van der Waals surface area contributed by atoms with Gasteiger partial charge < -0.3 is 15.4 Å². The van der Waals surface area contributed by atoms with Gasteiger partial charge >= 0.3 is 0 Å². The predicted octanol–water partition coefficient (Wildman–Crippen LogP) is 5.90. The Hall–Kier alpha value is -2.34. The van der Waals surface area contributed by atoms with Gasteiger partial charge in [0.05, 0.1) is 12.2 Å². The van der Waals surface area contributed by atoms with Gasteiger partial charge in [-0.2, -0.15) is 0 Å². The maximum Gasteiger partial charge on any atom is 0.258 e. The molecule has 1 heterocycles. The Kier molecular flexibility index (Phi) is 6.86. The maximum absolute atomic E-state index is 13.2. The normalized spacial score (nSPS) is 16.0. The number of thiophene rings is 1. The fourth-order valence-corrected chi connectivity index (χ4v) is 5.20. The van der Waals surface area contributed by atoms with E-state index in [1.54, 1.807) is 11.3 Å². The lowest BCUT2D eigenvalue weighted by Gasteiger charge is -2.33. The van der Waals surface area contributed by atoms with Crippen LogP contribution >= 0.6 is 11.3 Å². The van der Waals surface area contributed by atoms with Crippen molar-refractivity contribution in [2.75, 3.05) is 17.2 Å². The van der Waals surface area contributed by atoms with E-state index >= 15 is 0 Å². The Balaban J connectivity index is 1.89. The third-order valence-electron chi connectivity index (χ3n) is 5.71. The molecular formula is C24H32N2O3S. The van der Waals surface area contributed by atoms with Gasteiger partial charge in [0.15, 0.2) is 0 Å². The zero-order chi connectivity index (χ0) is 21.9. The van der Waals surface area contributed by atoms with E-state index < -0.39 is 0 Å². The molecule has 2 aromatic rings. The summed E-state index contributed by atoms with van der Waals surface area (Å²) >= 11 is 1.56. The lowest BCUT2D eigenvalue weighted by atomic mass is 9.72. The molecule has 1 aromatic heterocycles. The molecule has 0 saturated heterocycles. The molecule has 1 aliphatic rings. The smallest absolute Gasteiger partial charge is 0.258 e. The summed E-state index contributed by atoms with van der Waals surface area (Å²) in [5, 5.41) is 6.63. The second-order valence-corrected chi connectivity index (χ2v) is 9.93. The number of fused-ring (bicyclic) bond motifs is 1.